The van der Waals surface area contributed by atoms with E-state index in [4.69, 9.17) is 16.3 Å². The van der Waals surface area contributed by atoms with Gasteiger partial charge in [-0.3, -0.25) is 4.90 Å². The molecule has 2 aromatic rings. The molecule has 2 rings (SSSR count). The molecule has 1 aromatic heterocycles. The van der Waals surface area contributed by atoms with Crippen molar-refractivity contribution in [1.29, 1.82) is 0 Å². The number of thiophene rings is 1. The molecule has 126 valence electrons. The standard InChI is InChI=1S/C17H22ClNO3S/c1-3-13(11-20)19(10-14-5-4-8-23-14)9-12-6-7-15(22-2)17(21)16(12)18/h4-8,13,20-21H,3,9-11H2,1-2H3. The summed E-state index contributed by atoms with van der Waals surface area (Å²) in [6.07, 6.45) is 0.835. The number of aliphatic hydroxyl groups is 1. The molecule has 0 fully saturated rings. The van der Waals surface area contributed by atoms with Crippen molar-refractivity contribution in [2.75, 3.05) is 13.7 Å². The van der Waals surface area contributed by atoms with Gasteiger partial charge >= 0.3 is 0 Å². The van der Waals surface area contributed by atoms with Crippen molar-refractivity contribution in [2.24, 2.45) is 0 Å². The second-order valence-corrected chi connectivity index (χ2v) is 6.73. The molecular formula is C17H22ClNO3S. The minimum atomic E-state index is -0.0419. The van der Waals surface area contributed by atoms with Crippen molar-refractivity contribution >= 4 is 22.9 Å². The maximum Gasteiger partial charge on any atom is 0.177 e. The number of methoxy groups -OCH3 is 1. The molecule has 1 atom stereocenters. The van der Waals surface area contributed by atoms with E-state index < -0.39 is 0 Å². The van der Waals surface area contributed by atoms with E-state index >= 15 is 0 Å². The molecule has 23 heavy (non-hydrogen) atoms. The van der Waals surface area contributed by atoms with Crippen molar-refractivity contribution in [2.45, 2.75) is 32.5 Å². The summed E-state index contributed by atoms with van der Waals surface area (Å²) in [5, 5.41) is 22.1. The lowest BCUT2D eigenvalue weighted by atomic mass is 10.1. The summed E-state index contributed by atoms with van der Waals surface area (Å²) >= 11 is 7.97. The Morgan fingerprint density at radius 2 is 2.09 bits per heavy atom. The van der Waals surface area contributed by atoms with Gasteiger partial charge in [-0.05, 0) is 29.5 Å². The number of hydrogen-bond acceptors (Lipinski definition) is 5. The number of rotatable bonds is 8. The van der Waals surface area contributed by atoms with Crippen LogP contribution < -0.4 is 4.74 Å². The van der Waals surface area contributed by atoms with Crippen LogP contribution in [-0.2, 0) is 13.1 Å². The first kappa shape index (κ1) is 18.1. The number of hydrogen-bond donors (Lipinski definition) is 2. The summed E-state index contributed by atoms with van der Waals surface area (Å²) in [6.45, 7) is 3.42. The number of halogens is 1. The van der Waals surface area contributed by atoms with E-state index in [0.29, 0.717) is 17.3 Å². The average Bonchev–Trinajstić information content (AvgIpc) is 3.06. The van der Waals surface area contributed by atoms with E-state index in [2.05, 4.69) is 17.9 Å². The van der Waals surface area contributed by atoms with Gasteiger partial charge in [-0.1, -0.05) is 30.7 Å². The maximum atomic E-state index is 10.1. The first-order valence-electron chi connectivity index (χ1n) is 7.52. The van der Waals surface area contributed by atoms with Gasteiger partial charge in [0.15, 0.2) is 11.5 Å². The third-order valence-corrected chi connectivity index (χ3v) is 5.17. The number of phenolic OH excluding ortho intramolecular Hbond substituents is 1. The molecule has 0 spiro atoms. The second-order valence-electron chi connectivity index (χ2n) is 5.32. The molecule has 2 N–H and O–H groups in total. The monoisotopic (exact) mass is 355 g/mol. The zero-order valence-corrected chi connectivity index (χ0v) is 14.9. The second kappa shape index (κ2) is 8.55. The lowest BCUT2D eigenvalue weighted by Crippen LogP contribution is -2.36. The lowest BCUT2D eigenvalue weighted by Gasteiger charge is -2.30. The molecule has 4 nitrogen and oxygen atoms in total. The van der Waals surface area contributed by atoms with Gasteiger partial charge in [0.2, 0.25) is 0 Å². The summed E-state index contributed by atoms with van der Waals surface area (Å²) in [5.41, 5.74) is 0.813. The minimum Gasteiger partial charge on any atom is -0.503 e. The Kier molecular flexibility index (Phi) is 6.72. The molecule has 0 bridgehead atoms. The Labute approximate surface area is 145 Å². The quantitative estimate of drug-likeness (QED) is 0.754. The molecule has 0 saturated heterocycles. The predicted molar refractivity (Wildman–Crippen MR) is 94.4 cm³/mol. The highest BCUT2D eigenvalue weighted by molar-refractivity contribution is 7.09. The fourth-order valence-corrected chi connectivity index (χ4v) is 3.46. The van der Waals surface area contributed by atoms with Crippen LogP contribution in [0.25, 0.3) is 0 Å². The van der Waals surface area contributed by atoms with E-state index in [0.717, 1.165) is 18.5 Å². The van der Waals surface area contributed by atoms with E-state index in [9.17, 15) is 10.2 Å². The number of phenols is 1. The molecule has 1 aromatic carbocycles. The molecule has 0 radical (unpaired) electrons. The van der Waals surface area contributed by atoms with Crippen molar-refractivity contribution in [3.05, 3.63) is 45.1 Å². The van der Waals surface area contributed by atoms with E-state index in [1.165, 1.54) is 12.0 Å². The smallest absolute Gasteiger partial charge is 0.177 e. The summed E-state index contributed by atoms with van der Waals surface area (Å²) in [4.78, 5) is 3.41. The fourth-order valence-electron chi connectivity index (χ4n) is 2.51. The van der Waals surface area contributed by atoms with Crippen molar-refractivity contribution in [1.82, 2.24) is 4.90 Å². The molecule has 0 aliphatic heterocycles. The third-order valence-electron chi connectivity index (χ3n) is 3.89. The van der Waals surface area contributed by atoms with Crippen LogP contribution >= 0.6 is 22.9 Å². The zero-order chi connectivity index (χ0) is 16.8. The van der Waals surface area contributed by atoms with E-state index in [1.807, 2.05) is 17.5 Å². The van der Waals surface area contributed by atoms with Crippen molar-refractivity contribution in [3.8, 4) is 11.5 Å². The Morgan fingerprint density at radius 1 is 1.30 bits per heavy atom. The van der Waals surface area contributed by atoms with Crippen molar-refractivity contribution in [3.63, 3.8) is 0 Å². The number of aliphatic hydroxyl groups excluding tert-OH is 1. The highest BCUT2D eigenvalue weighted by atomic mass is 35.5. The van der Waals surface area contributed by atoms with Crippen LogP contribution in [0.15, 0.2) is 29.6 Å². The molecule has 0 aliphatic rings. The van der Waals surface area contributed by atoms with Crippen LogP contribution in [0.2, 0.25) is 5.02 Å². The first-order chi connectivity index (χ1) is 11.1. The van der Waals surface area contributed by atoms with Gasteiger partial charge in [0.1, 0.15) is 0 Å². The largest absolute Gasteiger partial charge is 0.503 e. The van der Waals surface area contributed by atoms with Gasteiger partial charge in [0, 0.05) is 24.0 Å². The van der Waals surface area contributed by atoms with E-state index in [1.54, 1.807) is 17.4 Å². The summed E-state index contributed by atoms with van der Waals surface area (Å²) < 4.78 is 5.07. The molecule has 0 saturated carbocycles. The lowest BCUT2D eigenvalue weighted by molar-refractivity contribution is 0.107. The van der Waals surface area contributed by atoms with Crippen LogP contribution in [0.4, 0.5) is 0 Å². The maximum absolute atomic E-state index is 10.1. The number of ether oxygens (including phenoxy) is 1. The Bertz CT molecular complexity index is 615. The predicted octanol–water partition coefficient (Wildman–Crippen LogP) is 3.89. The summed E-state index contributed by atoms with van der Waals surface area (Å²) in [7, 11) is 1.49. The van der Waals surface area contributed by atoms with Gasteiger partial charge in [-0.15, -0.1) is 11.3 Å². The molecular weight excluding hydrogens is 334 g/mol. The van der Waals surface area contributed by atoms with Crippen molar-refractivity contribution < 1.29 is 14.9 Å². The van der Waals surface area contributed by atoms with Crippen LogP contribution in [0.3, 0.4) is 0 Å². The molecule has 0 aliphatic carbocycles. The molecule has 1 unspecified atom stereocenters. The third kappa shape index (κ3) is 4.38. The summed E-state index contributed by atoms with van der Waals surface area (Å²) in [5.74, 6) is 0.317. The van der Waals surface area contributed by atoms with Crippen LogP contribution in [-0.4, -0.2) is 34.9 Å². The van der Waals surface area contributed by atoms with Crippen LogP contribution in [0.1, 0.15) is 23.8 Å². The van der Waals surface area contributed by atoms with Gasteiger partial charge in [0.25, 0.3) is 0 Å². The Balaban J connectivity index is 2.25. The molecule has 1 heterocycles. The van der Waals surface area contributed by atoms with Gasteiger partial charge in [-0.2, -0.15) is 0 Å². The van der Waals surface area contributed by atoms with Gasteiger partial charge in [-0.25, -0.2) is 0 Å². The highest BCUT2D eigenvalue weighted by Crippen LogP contribution is 2.37. The topological polar surface area (TPSA) is 52.9 Å². The minimum absolute atomic E-state index is 0.0393. The number of aromatic hydroxyl groups is 1. The van der Waals surface area contributed by atoms with Gasteiger partial charge in [0.05, 0.1) is 18.7 Å². The SMILES string of the molecule is CCC(CO)N(Cc1cccs1)Cc1ccc(OC)c(O)c1Cl. The Morgan fingerprint density at radius 3 is 2.65 bits per heavy atom. The summed E-state index contributed by atoms with van der Waals surface area (Å²) in [6, 6.07) is 7.70. The number of benzene rings is 1. The average molecular weight is 356 g/mol. The Hall–Kier alpha value is -1.27. The van der Waals surface area contributed by atoms with Crippen LogP contribution in [0.5, 0.6) is 11.5 Å². The fraction of sp³-hybridized carbons (Fsp3) is 0.412. The molecule has 0 amide bonds. The van der Waals surface area contributed by atoms with Crippen LogP contribution in [0, 0.1) is 0 Å². The highest BCUT2D eigenvalue weighted by Gasteiger charge is 2.20. The zero-order valence-electron chi connectivity index (χ0n) is 13.3. The molecule has 6 heteroatoms. The normalized spacial score (nSPS) is 12.6. The van der Waals surface area contributed by atoms with E-state index in [-0.39, 0.29) is 18.4 Å². The van der Waals surface area contributed by atoms with Gasteiger partial charge < -0.3 is 14.9 Å². The first-order valence-corrected chi connectivity index (χ1v) is 8.78. The number of nitrogens with zero attached hydrogens (tertiary/aromatic N) is 1.